The molecule has 0 aliphatic carbocycles. The third-order valence-corrected chi connectivity index (χ3v) is 1.87. The Hall–Kier alpha value is -1.22. The maximum Gasteiger partial charge on any atom is 0.197 e. The van der Waals surface area contributed by atoms with Gasteiger partial charge in [-0.1, -0.05) is 25.5 Å². The molecule has 0 saturated heterocycles. The summed E-state index contributed by atoms with van der Waals surface area (Å²) in [5, 5.41) is 9.44. The topological polar surface area (TPSA) is 38.7 Å². The fraction of sp³-hybridized carbons (Fsp3) is 0.455. The molecule has 0 bridgehead atoms. The summed E-state index contributed by atoms with van der Waals surface area (Å²) in [7, 11) is 1.58. The first-order valence-electron chi connectivity index (χ1n) is 4.75. The lowest BCUT2D eigenvalue weighted by molar-refractivity contribution is -0.0248. The Kier molecular flexibility index (Phi) is 4.26. The van der Waals surface area contributed by atoms with E-state index in [-0.39, 0.29) is 0 Å². The number of methoxy groups -OCH3 is 1. The molecule has 0 spiro atoms. The molecule has 3 heteroatoms. The minimum Gasteiger partial charge on any atom is -0.493 e. The van der Waals surface area contributed by atoms with E-state index >= 15 is 0 Å². The minimum absolute atomic E-state index is 0.580. The van der Waals surface area contributed by atoms with Crippen LogP contribution in [0.3, 0.4) is 0 Å². The normalized spacial score (nSPS) is 12.2. The van der Waals surface area contributed by atoms with E-state index in [2.05, 4.69) is 0 Å². The largest absolute Gasteiger partial charge is 0.493 e. The second kappa shape index (κ2) is 5.50. The van der Waals surface area contributed by atoms with E-state index in [4.69, 9.17) is 9.47 Å². The summed E-state index contributed by atoms with van der Waals surface area (Å²) in [6, 6.07) is 7.28. The second-order valence-electron chi connectivity index (χ2n) is 3.01. The Morgan fingerprint density at radius 3 is 2.50 bits per heavy atom. The standard InChI is InChI=1S/C11H16O3/c1-3-6-11(12)14-10-8-5-4-7-9(10)13-2/h4-5,7-8,11-12H,3,6H2,1-2H3. The summed E-state index contributed by atoms with van der Waals surface area (Å²) in [4.78, 5) is 0. The van der Waals surface area contributed by atoms with Crippen molar-refractivity contribution in [3.63, 3.8) is 0 Å². The molecule has 1 unspecified atom stereocenters. The van der Waals surface area contributed by atoms with Crippen LogP contribution in [-0.4, -0.2) is 18.5 Å². The third kappa shape index (κ3) is 2.92. The Morgan fingerprint density at radius 1 is 1.29 bits per heavy atom. The zero-order valence-corrected chi connectivity index (χ0v) is 8.56. The van der Waals surface area contributed by atoms with E-state index in [1.165, 1.54) is 0 Å². The Bertz CT molecular complexity index is 273. The summed E-state index contributed by atoms with van der Waals surface area (Å²) in [6.45, 7) is 1.99. The highest BCUT2D eigenvalue weighted by atomic mass is 16.6. The van der Waals surface area contributed by atoms with Gasteiger partial charge in [-0.05, 0) is 12.1 Å². The van der Waals surface area contributed by atoms with Crippen molar-refractivity contribution < 1.29 is 14.6 Å². The van der Waals surface area contributed by atoms with Crippen LogP contribution in [0.2, 0.25) is 0 Å². The number of hydrogen-bond donors (Lipinski definition) is 1. The van der Waals surface area contributed by atoms with E-state index in [1.807, 2.05) is 19.1 Å². The molecule has 1 rings (SSSR count). The summed E-state index contributed by atoms with van der Waals surface area (Å²) in [5.41, 5.74) is 0. The van der Waals surface area contributed by atoms with Gasteiger partial charge in [0.15, 0.2) is 17.8 Å². The monoisotopic (exact) mass is 196 g/mol. The Morgan fingerprint density at radius 2 is 1.93 bits per heavy atom. The van der Waals surface area contributed by atoms with E-state index in [0.717, 1.165) is 6.42 Å². The molecular formula is C11H16O3. The van der Waals surface area contributed by atoms with Crippen LogP contribution >= 0.6 is 0 Å². The van der Waals surface area contributed by atoms with Crippen molar-refractivity contribution in [1.82, 2.24) is 0 Å². The van der Waals surface area contributed by atoms with Gasteiger partial charge >= 0.3 is 0 Å². The van der Waals surface area contributed by atoms with Crippen molar-refractivity contribution in [2.24, 2.45) is 0 Å². The number of aliphatic hydroxyl groups is 1. The number of rotatable bonds is 5. The van der Waals surface area contributed by atoms with Crippen LogP contribution in [0.1, 0.15) is 19.8 Å². The average molecular weight is 196 g/mol. The highest BCUT2D eigenvalue weighted by Crippen LogP contribution is 2.26. The molecule has 0 aromatic heterocycles. The first-order chi connectivity index (χ1) is 6.77. The van der Waals surface area contributed by atoms with Crippen molar-refractivity contribution in [3.8, 4) is 11.5 Å². The van der Waals surface area contributed by atoms with Gasteiger partial charge in [0.1, 0.15) is 0 Å². The van der Waals surface area contributed by atoms with Gasteiger partial charge < -0.3 is 14.6 Å². The van der Waals surface area contributed by atoms with Crippen molar-refractivity contribution in [3.05, 3.63) is 24.3 Å². The Labute approximate surface area is 84.3 Å². The smallest absolute Gasteiger partial charge is 0.197 e. The molecule has 0 aliphatic heterocycles. The molecule has 14 heavy (non-hydrogen) atoms. The zero-order chi connectivity index (χ0) is 10.4. The van der Waals surface area contributed by atoms with Gasteiger partial charge in [0.25, 0.3) is 0 Å². The Balaban J connectivity index is 2.65. The fourth-order valence-electron chi connectivity index (χ4n) is 1.17. The van der Waals surface area contributed by atoms with E-state index in [1.54, 1.807) is 19.2 Å². The molecule has 1 aromatic carbocycles. The van der Waals surface area contributed by atoms with Gasteiger partial charge in [-0.2, -0.15) is 0 Å². The van der Waals surface area contributed by atoms with Gasteiger partial charge in [-0.15, -0.1) is 0 Å². The van der Waals surface area contributed by atoms with Crippen molar-refractivity contribution >= 4 is 0 Å². The molecule has 0 radical (unpaired) electrons. The van der Waals surface area contributed by atoms with Gasteiger partial charge in [-0.3, -0.25) is 0 Å². The first-order valence-corrected chi connectivity index (χ1v) is 4.75. The van der Waals surface area contributed by atoms with E-state index in [9.17, 15) is 5.11 Å². The lowest BCUT2D eigenvalue weighted by atomic mass is 10.3. The highest BCUT2D eigenvalue weighted by Gasteiger charge is 2.08. The van der Waals surface area contributed by atoms with Gasteiger partial charge in [0, 0.05) is 6.42 Å². The summed E-state index contributed by atoms with van der Waals surface area (Å²) >= 11 is 0. The van der Waals surface area contributed by atoms with Crippen LogP contribution in [-0.2, 0) is 0 Å². The van der Waals surface area contributed by atoms with Crippen molar-refractivity contribution in [2.75, 3.05) is 7.11 Å². The van der Waals surface area contributed by atoms with Crippen molar-refractivity contribution in [1.29, 1.82) is 0 Å². The number of ether oxygens (including phenoxy) is 2. The summed E-state index contributed by atoms with van der Waals surface area (Å²) in [6.07, 6.45) is 0.755. The molecule has 0 saturated carbocycles. The third-order valence-electron chi connectivity index (χ3n) is 1.87. The number of aliphatic hydroxyl groups excluding tert-OH is 1. The summed E-state index contributed by atoms with van der Waals surface area (Å²) < 4.78 is 10.4. The van der Waals surface area contributed by atoms with Gasteiger partial charge in [0.05, 0.1) is 7.11 Å². The SMILES string of the molecule is CCCC(O)Oc1ccccc1OC. The van der Waals surface area contributed by atoms with Crippen molar-refractivity contribution in [2.45, 2.75) is 26.1 Å². The molecule has 0 aliphatic rings. The fourth-order valence-corrected chi connectivity index (χ4v) is 1.17. The molecule has 1 aromatic rings. The second-order valence-corrected chi connectivity index (χ2v) is 3.01. The number of hydrogen-bond acceptors (Lipinski definition) is 3. The van der Waals surface area contributed by atoms with E-state index < -0.39 is 6.29 Å². The molecule has 78 valence electrons. The zero-order valence-electron chi connectivity index (χ0n) is 8.56. The van der Waals surface area contributed by atoms with Crippen LogP contribution in [0.5, 0.6) is 11.5 Å². The lowest BCUT2D eigenvalue weighted by Gasteiger charge is -2.14. The molecular weight excluding hydrogens is 180 g/mol. The maximum absolute atomic E-state index is 9.44. The minimum atomic E-state index is -0.753. The van der Waals surface area contributed by atoms with Crippen LogP contribution in [0.25, 0.3) is 0 Å². The van der Waals surface area contributed by atoms with Gasteiger partial charge in [0.2, 0.25) is 0 Å². The van der Waals surface area contributed by atoms with Crippen LogP contribution < -0.4 is 9.47 Å². The quantitative estimate of drug-likeness (QED) is 0.734. The highest BCUT2D eigenvalue weighted by molar-refractivity contribution is 5.39. The van der Waals surface area contributed by atoms with Crippen LogP contribution in [0.4, 0.5) is 0 Å². The predicted molar refractivity (Wildman–Crippen MR) is 54.5 cm³/mol. The average Bonchev–Trinajstić information content (AvgIpc) is 2.19. The molecule has 0 amide bonds. The molecule has 1 atom stereocenters. The molecule has 0 heterocycles. The van der Waals surface area contributed by atoms with Crippen LogP contribution in [0.15, 0.2) is 24.3 Å². The lowest BCUT2D eigenvalue weighted by Crippen LogP contribution is -2.15. The molecule has 0 fully saturated rings. The molecule has 3 nitrogen and oxygen atoms in total. The summed E-state index contributed by atoms with van der Waals surface area (Å²) in [5.74, 6) is 1.22. The van der Waals surface area contributed by atoms with Gasteiger partial charge in [-0.25, -0.2) is 0 Å². The van der Waals surface area contributed by atoms with E-state index in [0.29, 0.717) is 17.9 Å². The number of para-hydroxylation sites is 2. The maximum atomic E-state index is 9.44. The predicted octanol–water partition coefficient (Wildman–Crippen LogP) is 2.19. The number of benzene rings is 1. The molecule has 1 N–H and O–H groups in total. The van der Waals surface area contributed by atoms with Crippen LogP contribution in [0, 0.1) is 0 Å². The first kappa shape index (κ1) is 10.9.